The average Bonchev–Trinajstić information content (AvgIpc) is 3.19. The summed E-state index contributed by atoms with van der Waals surface area (Å²) in [4.78, 5) is 27.1. The van der Waals surface area contributed by atoms with Gasteiger partial charge in [-0.3, -0.25) is 4.79 Å². The van der Waals surface area contributed by atoms with E-state index < -0.39 is 0 Å². The lowest BCUT2D eigenvalue weighted by molar-refractivity contribution is -0.116. The van der Waals surface area contributed by atoms with Crippen molar-refractivity contribution >= 4 is 23.4 Å². The SMILES string of the molecule is CCN(CC(=O)Nc1cc(C(C)(C)C)nn1-c1ccc(F)cc1)C(=O)Nc1ccc(C)c(C)c1. The topological polar surface area (TPSA) is 79.3 Å². The van der Waals surface area contributed by atoms with E-state index in [4.69, 9.17) is 0 Å². The largest absolute Gasteiger partial charge is 0.322 e. The summed E-state index contributed by atoms with van der Waals surface area (Å²) in [5.41, 5.74) is 4.02. The zero-order valence-electron chi connectivity index (χ0n) is 20.6. The number of benzene rings is 2. The Balaban J connectivity index is 1.76. The molecular weight excluding hydrogens is 433 g/mol. The molecule has 0 saturated heterocycles. The van der Waals surface area contributed by atoms with E-state index in [2.05, 4.69) is 15.7 Å². The molecule has 0 unspecified atom stereocenters. The van der Waals surface area contributed by atoms with Crippen molar-refractivity contribution in [1.82, 2.24) is 14.7 Å². The van der Waals surface area contributed by atoms with Gasteiger partial charge in [-0.05, 0) is 68.3 Å². The molecule has 0 atom stereocenters. The summed E-state index contributed by atoms with van der Waals surface area (Å²) in [5.74, 6) is -0.265. The first-order chi connectivity index (χ1) is 16.0. The number of likely N-dealkylation sites (N-methyl/N-ethyl adjacent to an activating group) is 1. The maximum atomic E-state index is 13.4. The molecule has 0 aliphatic heterocycles. The second-order valence-corrected chi connectivity index (χ2v) is 9.34. The maximum absolute atomic E-state index is 13.4. The van der Waals surface area contributed by atoms with Crippen LogP contribution in [0.5, 0.6) is 0 Å². The van der Waals surface area contributed by atoms with E-state index >= 15 is 0 Å². The van der Waals surface area contributed by atoms with Crippen LogP contribution < -0.4 is 10.6 Å². The van der Waals surface area contributed by atoms with Crippen molar-refractivity contribution in [2.75, 3.05) is 23.7 Å². The second-order valence-electron chi connectivity index (χ2n) is 9.34. The van der Waals surface area contributed by atoms with Crippen LogP contribution in [0.3, 0.4) is 0 Å². The van der Waals surface area contributed by atoms with E-state index in [0.717, 1.165) is 16.8 Å². The Hall–Kier alpha value is -3.68. The molecule has 3 amide bonds. The normalized spacial score (nSPS) is 11.3. The predicted octanol–water partition coefficient (Wildman–Crippen LogP) is 5.42. The number of hydrogen-bond acceptors (Lipinski definition) is 3. The molecule has 0 fully saturated rings. The van der Waals surface area contributed by atoms with Gasteiger partial charge in [0.25, 0.3) is 0 Å². The standard InChI is InChI=1S/C26H32FN5O2/c1-7-31(25(34)28-20-11-8-17(2)18(3)14-20)16-24(33)29-23-15-22(26(4,5)6)30-32(23)21-12-9-19(27)10-13-21/h8-15H,7,16H2,1-6H3,(H,28,34)(H,29,33). The Labute approximate surface area is 200 Å². The zero-order valence-corrected chi connectivity index (χ0v) is 20.6. The number of rotatable bonds is 6. The fourth-order valence-electron chi connectivity index (χ4n) is 3.32. The average molecular weight is 466 g/mol. The summed E-state index contributed by atoms with van der Waals surface area (Å²) in [7, 11) is 0. The summed E-state index contributed by atoms with van der Waals surface area (Å²) >= 11 is 0. The molecule has 0 spiro atoms. The lowest BCUT2D eigenvalue weighted by Crippen LogP contribution is -2.40. The number of hydrogen-bond donors (Lipinski definition) is 2. The van der Waals surface area contributed by atoms with E-state index in [1.165, 1.54) is 17.0 Å². The molecule has 180 valence electrons. The van der Waals surface area contributed by atoms with Gasteiger partial charge in [-0.2, -0.15) is 5.10 Å². The van der Waals surface area contributed by atoms with Crippen LogP contribution in [-0.2, 0) is 10.2 Å². The van der Waals surface area contributed by atoms with E-state index in [9.17, 15) is 14.0 Å². The number of urea groups is 1. The highest BCUT2D eigenvalue weighted by Crippen LogP contribution is 2.26. The Morgan fingerprint density at radius 1 is 1.00 bits per heavy atom. The minimum atomic E-state index is -0.360. The molecule has 8 heteroatoms. The molecule has 0 saturated carbocycles. The molecule has 34 heavy (non-hydrogen) atoms. The van der Waals surface area contributed by atoms with Gasteiger partial charge in [-0.25, -0.2) is 13.9 Å². The molecule has 0 aliphatic rings. The molecule has 2 aromatic carbocycles. The number of amides is 3. The number of anilines is 2. The first-order valence-corrected chi connectivity index (χ1v) is 11.3. The summed E-state index contributed by atoms with van der Waals surface area (Å²) in [6.45, 7) is 12.1. The van der Waals surface area contributed by atoms with Gasteiger partial charge in [-0.15, -0.1) is 0 Å². The first kappa shape index (κ1) is 25.0. The van der Waals surface area contributed by atoms with Gasteiger partial charge < -0.3 is 15.5 Å². The van der Waals surface area contributed by atoms with Gasteiger partial charge in [0.2, 0.25) is 5.91 Å². The summed E-state index contributed by atoms with van der Waals surface area (Å²) < 4.78 is 15.0. The minimum absolute atomic E-state index is 0.132. The predicted molar refractivity (Wildman–Crippen MR) is 133 cm³/mol. The molecule has 7 nitrogen and oxygen atoms in total. The van der Waals surface area contributed by atoms with E-state index in [1.54, 1.807) is 22.9 Å². The molecule has 1 heterocycles. The van der Waals surface area contributed by atoms with Crippen LogP contribution in [-0.4, -0.2) is 39.7 Å². The van der Waals surface area contributed by atoms with Crippen molar-refractivity contribution in [3.05, 3.63) is 71.2 Å². The molecule has 0 bridgehead atoms. The van der Waals surface area contributed by atoms with Crippen molar-refractivity contribution in [3.8, 4) is 5.69 Å². The third-order valence-corrected chi connectivity index (χ3v) is 5.58. The third kappa shape index (κ3) is 6.01. The van der Waals surface area contributed by atoms with Gasteiger partial charge in [0.05, 0.1) is 11.4 Å². The Morgan fingerprint density at radius 2 is 1.68 bits per heavy atom. The van der Waals surface area contributed by atoms with Crippen LogP contribution in [0.1, 0.15) is 44.5 Å². The summed E-state index contributed by atoms with van der Waals surface area (Å²) in [6, 6.07) is 13.0. The number of aromatic nitrogens is 2. The van der Waals surface area contributed by atoms with Gasteiger partial charge >= 0.3 is 6.03 Å². The number of carbonyl (C=O) groups is 2. The highest BCUT2D eigenvalue weighted by molar-refractivity contribution is 5.96. The molecule has 3 aromatic rings. The van der Waals surface area contributed by atoms with E-state index in [0.29, 0.717) is 23.7 Å². The van der Waals surface area contributed by atoms with Crippen LogP contribution in [0.4, 0.5) is 20.7 Å². The molecule has 2 N–H and O–H groups in total. The maximum Gasteiger partial charge on any atom is 0.322 e. The fourth-order valence-corrected chi connectivity index (χ4v) is 3.32. The molecule has 3 rings (SSSR count). The second kappa shape index (κ2) is 10.1. The quantitative estimate of drug-likeness (QED) is 0.510. The Bertz CT molecular complexity index is 1180. The van der Waals surface area contributed by atoms with Crippen LogP contribution >= 0.6 is 0 Å². The summed E-state index contributed by atoms with van der Waals surface area (Å²) in [6.07, 6.45) is 0. The van der Waals surface area contributed by atoms with Gasteiger partial charge in [-0.1, -0.05) is 26.8 Å². The van der Waals surface area contributed by atoms with Crippen LogP contribution in [0.15, 0.2) is 48.5 Å². The smallest absolute Gasteiger partial charge is 0.315 e. The van der Waals surface area contributed by atoms with E-state index in [1.807, 2.05) is 59.7 Å². The monoisotopic (exact) mass is 465 g/mol. The number of halogens is 1. The Morgan fingerprint density at radius 3 is 2.26 bits per heavy atom. The van der Waals surface area contributed by atoms with E-state index in [-0.39, 0.29) is 29.7 Å². The van der Waals surface area contributed by atoms with Crippen molar-refractivity contribution in [2.45, 2.75) is 47.0 Å². The molecule has 0 aliphatic carbocycles. The van der Waals surface area contributed by atoms with Gasteiger partial charge in [0.15, 0.2) is 0 Å². The fraction of sp³-hybridized carbons (Fsp3) is 0.346. The lowest BCUT2D eigenvalue weighted by Gasteiger charge is -2.21. The minimum Gasteiger partial charge on any atom is -0.315 e. The molecule has 1 aromatic heterocycles. The molecule has 0 radical (unpaired) electrons. The first-order valence-electron chi connectivity index (χ1n) is 11.3. The van der Waals surface area contributed by atoms with Crippen LogP contribution in [0.2, 0.25) is 0 Å². The van der Waals surface area contributed by atoms with Crippen molar-refractivity contribution in [2.24, 2.45) is 0 Å². The third-order valence-electron chi connectivity index (χ3n) is 5.58. The van der Waals surface area contributed by atoms with Gasteiger partial charge in [0.1, 0.15) is 18.2 Å². The van der Waals surface area contributed by atoms with Gasteiger partial charge in [0, 0.05) is 23.7 Å². The number of carbonyl (C=O) groups excluding carboxylic acids is 2. The van der Waals surface area contributed by atoms with Crippen molar-refractivity contribution in [3.63, 3.8) is 0 Å². The number of aryl methyl sites for hydroxylation is 2. The molecular formula is C26H32FN5O2. The van der Waals surface area contributed by atoms with Crippen LogP contribution in [0, 0.1) is 19.7 Å². The Kier molecular flexibility index (Phi) is 7.39. The number of nitrogens with zero attached hydrogens (tertiary/aromatic N) is 3. The lowest BCUT2D eigenvalue weighted by atomic mass is 9.92. The van der Waals surface area contributed by atoms with Crippen molar-refractivity contribution in [1.29, 1.82) is 0 Å². The highest BCUT2D eigenvalue weighted by Gasteiger charge is 2.23. The highest BCUT2D eigenvalue weighted by atomic mass is 19.1. The number of nitrogens with one attached hydrogen (secondary N) is 2. The zero-order chi connectivity index (χ0) is 25.0. The van der Waals surface area contributed by atoms with Crippen molar-refractivity contribution < 1.29 is 14.0 Å². The summed E-state index contributed by atoms with van der Waals surface area (Å²) in [5, 5.41) is 10.3. The van der Waals surface area contributed by atoms with Crippen LogP contribution in [0.25, 0.3) is 5.69 Å².